The van der Waals surface area contributed by atoms with Gasteiger partial charge in [-0.2, -0.15) is 0 Å². The SMILES string of the molecule is CCOC(C)=CC=C1CCCCC1. The van der Waals surface area contributed by atoms with Crippen LogP contribution < -0.4 is 0 Å². The van der Waals surface area contributed by atoms with E-state index in [1.54, 1.807) is 5.57 Å². The molecule has 0 saturated heterocycles. The van der Waals surface area contributed by atoms with Gasteiger partial charge in [0, 0.05) is 0 Å². The maximum atomic E-state index is 5.35. The summed E-state index contributed by atoms with van der Waals surface area (Å²) in [5.74, 6) is 1.03. The Morgan fingerprint density at radius 2 is 2.00 bits per heavy atom. The summed E-state index contributed by atoms with van der Waals surface area (Å²) in [6, 6.07) is 0. The molecule has 0 N–H and O–H groups in total. The second-order valence-corrected chi connectivity index (χ2v) is 3.60. The number of hydrogen-bond acceptors (Lipinski definition) is 1. The van der Waals surface area contributed by atoms with Crippen molar-refractivity contribution in [3.05, 3.63) is 23.5 Å². The highest BCUT2D eigenvalue weighted by Gasteiger charge is 2.03. The summed E-state index contributed by atoms with van der Waals surface area (Å²) in [7, 11) is 0. The highest BCUT2D eigenvalue weighted by molar-refractivity contribution is 5.15. The average molecular weight is 180 g/mol. The molecule has 0 bridgehead atoms. The molecular weight excluding hydrogens is 160 g/mol. The van der Waals surface area contributed by atoms with Crippen molar-refractivity contribution < 1.29 is 4.74 Å². The van der Waals surface area contributed by atoms with Gasteiger partial charge in [0.1, 0.15) is 0 Å². The van der Waals surface area contributed by atoms with Crippen molar-refractivity contribution in [1.82, 2.24) is 0 Å². The fraction of sp³-hybridized carbons (Fsp3) is 0.667. The quantitative estimate of drug-likeness (QED) is 0.600. The van der Waals surface area contributed by atoms with E-state index in [0.717, 1.165) is 12.4 Å². The fourth-order valence-corrected chi connectivity index (χ4v) is 1.68. The van der Waals surface area contributed by atoms with E-state index in [1.807, 2.05) is 13.8 Å². The molecule has 0 aromatic rings. The number of hydrogen-bond donors (Lipinski definition) is 0. The van der Waals surface area contributed by atoms with Crippen LogP contribution in [0.2, 0.25) is 0 Å². The van der Waals surface area contributed by atoms with Gasteiger partial charge in [-0.1, -0.05) is 18.1 Å². The monoisotopic (exact) mass is 180 g/mol. The van der Waals surface area contributed by atoms with Crippen LogP contribution in [0.5, 0.6) is 0 Å². The van der Waals surface area contributed by atoms with Gasteiger partial charge in [-0.05, 0) is 45.6 Å². The third-order valence-electron chi connectivity index (χ3n) is 2.42. The molecule has 74 valence electrons. The van der Waals surface area contributed by atoms with Crippen LogP contribution in [-0.4, -0.2) is 6.61 Å². The van der Waals surface area contributed by atoms with Crippen molar-refractivity contribution >= 4 is 0 Å². The molecule has 0 radical (unpaired) electrons. The van der Waals surface area contributed by atoms with E-state index in [1.165, 1.54) is 32.1 Å². The predicted octanol–water partition coefficient (Wildman–Crippen LogP) is 3.82. The molecule has 0 aliphatic heterocycles. The number of rotatable bonds is 3. The Balaban J connectivity index is 2.39. The van der Waals surface area contributed by atoms with Crippen molar-refractivity contribution in [2.45, 2.75) is 46.0 Å². The van der Waals surface area contributed by atoms with Crippen LogP contribution in [0.25, 0.3) is 0 Å². The minimum absolute atomic E-state index is 0.769. The summed E-state index contributed by atoms with van der Waals surface area (Å²) >= 11 is 0. The molecule has 0 spiro atoms. The number of ether oxygens (including phenoxy) is 1. The Morgan fingerprint density at radius 3 is 2.62 bits per heavy atom. The predicted molar refractivity (Wildman–Crippen MR) is 56.6 cm³/mol. The van der Waals surface area contributed by atoms with Crippen LogP contribution in [0.15, 0.2) is 23.5 Å². The lowest BCUT2D eigenvalue weighted by molar-refractivity contribution is 0.231. The van der Waals surface area contributed by atoms with Gasteiger partial charge in [0.25, 0.3) is 0 Å². The first-order chi connectivity index (χ1) is 6.33. The van der Waals surface area contributed by atoms with E-state index < -0.39 is 0 Å². The van der Waals surface area contributed by atoms with Gasteiger partial charge in [0.15, 0.2) is 0 Å². The zero-order valence-electron chi connectivity index (χ0n) is 8.81. The topological polar surface area (TPSA) is 9.23 Å². The zero-order valence-corrected chi connectivity index (χ0v) is 8.81. The van der Waals surface area contributed by atoms with Gasteiger partial charge in [-0.25, -0.2) is 0 Å². The van der Waals surface area contributed by atoms with E-state index in [4.69, 9.17) is 4.74 Å². The summed E-state index contributed by atoms with van der Waals surface area (Å²) in [4.78, 5) is 0. The highest BCUT2D eigenvalue weighted by Crippen LogP contribution is 2.22. The first-order valence-corrected chi connectivity index (χ1v) is 5.32. The van der Waals surface area contributed by atoms with Gasteiger partial charge >= 0.3 is 0 Å². The van der Waals surface area contributed by atoms with Crippen molar-refractivity contribution in [1.29, 1.82) is 0 Å². The molecule has 0 aromatic heterocycles. The van der Waals surface area contributed by atoms with E-state index in [-0.39, 0.29) is 0 Å². The Hall–Kier alpha value is -0.720. The lowest BCUT2D eigenvalue weighted by atomic mass is 9.95. The second kappa shape index (κ2) is 5.85. The third kappa shape index (κ3) is 4.16. The molecule has 13 heavy (non-hydrogen) atoms. The summed E-state index contributed by atoms with van der Waals surface area (Å²) in [6.45, 7) is 4.81. The summed E-state index contributed by atoms with van der Waals surface area (Å²) < 4.78 is 5.35. The standard InChI is InChI=1S/C12H20O/c1-3-13-11(2)9-10-12-7-5-4-6-8-12/h9-10H,3-8H2,1-2H3. The van der Waals surface area contributed by atoms with Crippen LogP contribution in [0.3, 0.4) is 0 Å². The Bertz CT molecular complexity index is 193. The fourth-order valence-electron chi connectivity index (χ4n) is 1.68. The van der Waals surface area contributed by atoms with Gasteiger partial charge in [-0.3, -0.25) is 0 Å². The summed E-state index contributed by atoms with van der Waals surface area (Å²) in [5.41, 5.74) is 1.59. The normalized spacial score (nSPS) is 18.6. The van der Waals surface area contributed by atoms with E-state index >= 15 is 0 Å². The lowest BCUT2D eigenvalue weighted by Gasteiger charge is -2.12. The lowest BCUT2D eigenvalue weighted by Crippen LogP contribution is -1.93. The molecule has 1 rings (SSSR count). The largest absolute Gasteiger partial charge is 0.499 e. The van der Waals surface area contributed by atoms with Crippen molar-refractivity contribution in [3.8, 4) is 0 Å². The maximum Gasteiger partial charge on any atom is 0.0928 e. The van der Waals surface area contributed by atoms with E-state index in [2.05, 4.69) is 12.2 Å². The first-order valence-electron chi connectivity index (χ1n) is 5.32. The molecule has 0 aromatic carbocycles. The third-order valence-corrected chi connectivity index (χ3v) is 2.42. The van der Waals surface area contributed by atoms with Gasteiger partial charge in [0.05, 0.1) is 12.4 Å². The Morgan fingerprint density at radius 1 is 1.31 bits per heavy atom. The van der Waals surface area contributed by atoms with Crippen LogP contribution in [0.4, 0.5) is 0 Å². The maximum absolute atomic E-state index is 5.35. The Kier molecular flexibility index (Phi) is 4.66. The van der Waals surface area contributed by atoms with Crippen LogP contribution >= 0.6 is 0 Å². The molecule has 1 aliphatic rings. The molecule has 0 heterocycles. The molecule has 1 heteroatoms. The van der Waals surface area contributed by atoms with Crippen molar-refractivity contribution in [2.75, 3.05) is 6.61 Å². The number of allylic oxidation sites excluding steroid dienone is 4. The summed E-state index contributed by atoms with van der Waals surface area (Å²) in [6.07, 6.45) is 11.1. The smallest absolute Gasteiger partial charge is 0.0928 e. The van der Waals surface area contributed by atoms with Crippen molar-refractivity contribution in [3.63, 3.8) is 0 Å². The minimum Gasteiger partial charge on any atom is -0.499 e. The molecule has 1 aliphatic carbocycles. The van der Waals surface area contributed by atoms with Crippen LogP contribution in [0.1, 0.15) is 46.0 Å². The highest BCUT2D eigenvalue weighted by atomic mass is 16.5. The van der Waals surface area contributed by atoms with Crippen LogP contribution in [0, 0.1) is 0 Å². The molecular formula is C12H20O. The minimum atomic E-state index is 0.769. The molecule has 1 saturated carbocycles. The van der Waals surface area contributed by atoms with E-state index in [0.29, 0.717) is 0 Å². The average Bonchev–Trinajstić information content (AvgIpc) is 2.17. The van der Waals surface area contributed by atoms with Crippen LogP contribution in [-0.2, 0) is 4.74 Å². The zero-order chi connectivity index (χ0) is 9.52. The molecule has 1 fully saturated rings. The Labute approximate surface area is 81.5 Å². The molecule has 0 unspecified atom stereocenters. The van der Waals surface area contributed by atoms with Gasteiger partial charge < -0.3 is 4.74 Å². The molecule has 0 amide bonds. The van der Waals surface area contributed by atoms with Gasteiger partial charge in [-0.15, -0.1) is 0 Å². The van der Waals surface area contributed by atoms with Crippen molar-refractivity contribution in [2.24, 2.45) is 0 Å². The molecule has 0 atom stereocenters. The van der Waals surface area contributed by atoms with Gasteiger partial charge in [0.2, 0.25) is 0 Å². The summed E-state index contributed by atoms with van der Waals surface area (Å²) in [5, 5.41) is 0. The second-order valence-electron chi connectivity index (χ2n) is 3.60. The molecule has 1 nitrogen and oxygen atoms in total. The van der Waals surface area contributed by atoms with E-state index in [9.17, 15) is 0 Å². The first kappa shape index (κ1) is 10.4.